The lowest BCUT2D eigenvalue weighted by Gasteiger charge is -2.14. The van der Waals surface area contributed by atoms with Crippen molar-refractivity contribution in [2.24, 2.45) is 0 Å². The van der Waals surface area contributed by atoms with Crippen molar-refractivity contribution in [3.8, 4) is 0 Å². The summed E-state index contributed by atoms with van der Waals surface area (Å²) in [6.45, 7) is 2.02. The highest BCUT2D eigenvalue weighted by Crippen LogP contribution is 2.26. The predicted octanol–water partition coefficient (Wildman–Crippen LogP) is 3.05. The topological polar surface area (TPSA) is 79.5 Å². The summed E-state index contributed by atoms with van der Waals surface area (Å²) in [6.07, 6.45) is 4.23. The number of rotatable bonds is 5. The fraction of sp³-hybridized carbons (Fsp3) is 0.214. The summed E-state index contributed by atoms with van der Waals surface area (Å²) in [4.78, 5) is 20.2. The van der Waals surface area contributed by atoms with Crippen molar-refractivity contribution in [3.63, 3.8) is 0 Å². The molecule has 0 bridgehead atoms. The van der Waals surface area contributed by atoms with Gasteiger partial charge < -0.3 is 10.4 Å². The Morgan fingerprint density at radius 2 is 2.38 bits per heavy atom. The minimum absolute atomic E-state index is 0.0481. The van der Waals surface area contributed by atoms with Gasteiger partial charge in [-0.15, -0.1) is 11.3 Å². The highest BCUT2D eigenvalue weighted by Gasteiger charge is 2.21. The van der Waals surface area contributed by atoms with E-state index in [0.29, 0.717) is 11.5 Å². The lowest BCUT2D eigenvalue weighted by molar-refractivity contribution is 0.0690. The molecular weight excluding hydrogens is 288 g/mol. The quantitative estimate of drug-likeness (QED) is 0.757. The fourth-order valence-electron chi connectivity index (χ4n) is 2.21. The predicted molar refractivity (Wildman–Crippen MR) is 80.9 cm³/mol. The van der Waals surface area contributed by atoms with Crippen LogP contribution in [0.5, 0.6) is 0 Å². The minimum atomic E-state index is -1.01. The number of pyridine rings is 1. The molecule has 0 saturated carbocycles. The van der Waals surface area contributed by atoms with E-state index in [1.54, 1.807) is 40.3 Å². The van der Waals surface area contributed by atoms with Gasteiger partial charge in [0.05, 0.1) is 6.04 Å². The number of thiazole rings is 1. The van der Waals surface area contributed by atoms with E-state index < -0.39 is 5.97 Å². The number of anilines is 1. The Bertz CT molecular complexity index is 766. The van der Waals surface area contributed by atoms with E-state index in [4.69, 9.17) is 0 Å². The van der Waals surface area contributed by atoms with Gasteiger partial charge in [0.15, 0.2) is 11.5 Å². The van der Waals surface area contributed by atoms with Gasteiger partial charge in [-0.05, 0) is 18.6 Å². The second kappa shape index (κ2) is 5.53. The van der Waals surface area contributed by atoms with Gasteiger partial charge in [-0.3, -0.25) is 4.40 Å². The first-order valence-electron chi connectivity index (χ1n) is 6.57. The molecular formula is C14H14N4O2S. The molecule has 2 N–H and O–H groups in total. The average molecular weight is 302 g/mol. The Labute approximate surface area is 125 Å². The number of aromatic carboxylic acids is 1. The molecule has 21 heavy (non-hydrogen) atoms. The maximum absolute atomic E-state index is 11.5. The first-order valence-corrected chi connectivity index (χ1v) is 7.45. The number of imidazole rings is 1. The summed E-state index contributed by atoms with van der Waals surface area (Å²) in [6, 6.07) is 5.34. The molecule has 0 aromatic carbocycles. The van der Waals surface area contributed by atoms with Crippen LogP contribution in [0.4, 0.5) is 5.82 Å². The zero-order valence-electron chi connectivity index (χ0n) is 11.4. The number of aromatic nitrogens is 3. The molecule has 0 amide bonds. The number of nitrogens with one attached hydrogen (secondary N) is 1. The van der Waals surface area contributed by atoms with Crippen LogP contribution in [0.15, 0.2) is 36.0 Å². The second-order valence-electron chi connectivity index (χ2n) is 4.52. The van der Waals surface area contributed by atoms with Crippen molar-refractivity contribution >= 4 is 28.8 Å². The molecule has 1 unspecified atom stereocenters. The Morgan fingerprint density at radius 1 is 1.52 bits per heavy atom. The van der Waals surface area contributed by atoms with Gasteiger partial charge in [0.2, 0.25) is 0 Å². The molecule has 1 atom stereocenters. The molecule has 6 nitrogen and oxygen atoms in total. The van der Waals surface area contributed by atoms with Crippen LogP contribution < -0.4 is 5.32 Å². The second-order valence-corrected chi connectivity index (χ2v) is 5.44. The summed E-state index contributed by atoms with van der Waals surface area (Å²) >= 11 is 1.54. The van der Waals surface area contributed by atoms with E-state index in [1.165, 1.54) is 0 Å². The number of nitrogens with zero attached hydrogens (tertiary/aromatic N) is 3. The van der Waals surface area contributed by atoms with Gasteiger partial charge in [0, 0.05) is 17.8 Å². The molecule has 3 aromatic rings. The van der Waals surface area contributed by atoms with E-state index in [-0.39, 0.29) is 11.7 Å². The summed E-state index contributed by atoms with van der Waals surface area (Å²) in [5, 5.41) is 15.5. The molecule has 3 heterocycles. The van der Waals surface area contributed by atoms with Crippen molar-refractivity contribution in [3.05, 3.63) is 46.7 Å². The van der Waals surface area contributed by atoms with Crippen LogP contribution in [0.1, 0.15) is 34.9 Å². The van der Waals surface area contributed by atoms with E-state index >= 15 is 0 Å². The largest absolute Gasteiger partial charge is 0.476 e. The Hall–Kier alpha value is -2.41. The molecule has 0 aliphatic heterocycles. The fourth-order valence-corrected chi connectivity index (χ4v) is 2.98. The third-order valence-corrected chi connectivity index (χ3v) is 4.09. The first kappa shape index (κ1) is 13.6. The Morgan fingerprint density at radius 3 is 3.05 bits per heavy atom. The van der Waals surface area contributed by atoms with Crippen LogP contribution in [0.3, 0.4) is 0 Å². The van der Waals surface area contributed by atoms with E-state index in [2.05, 4.69) is 15.3 Å². The number of carboxylic acids is 1. The molecule has 0 aliphatic carbocycles. The highest BCUT2D eigenvalue weighted by atomic mass is 32.1. The van der Waals surface area contributed by atoms with Crippen molar-refractivity contribution in [2.45, 2.75) is 19.4 Å². The van der Waals surface area contributed by atoms with Crippen molar-refractivity contribution in [1.82, 2.24) is 14.4 Å². The third kappa shape index (κ3) is 2.47. The van der Waals surface area contributed by atoms with Crippen LogP contribution in [-0.4, -0.2) is 25.4 Å². The van der Waals surface area contributed by atoms with Gasteiger partial charge in [0.1, 0.15) is 10.7 Å². The van der Waals surface area contributed by atoms with Gasteiger partial charge in [-0.1, -0.05) is 13.0 Å². The summed E-state index contributed by atoms with van der Waals surface area (Å²) in [7, 11) is 0. The number of hydrogen-bond donors (Lipinski definition) is 2. The maximum Gasteiger partial charge on any atom is 0.356 e. The summed E-state index contributed by atoms with van der Waals surface area (Å²) in [5.41, 5.74) is 0.743. The number of hydrogen-bond acceptors (Lipinski definition) is 5. The van der Waals surface area contributed by atoms with E-state index in [9.17, 15) is 9.90 Å². The minimum Gasteiger partial charge on any atom is -0.476 e. The zero-order valence-corrected chi connectivity index (χ0v) is 12.2. The normalized spacial score (nSPS) is 12.4. The monoisotopic (exact) mass is 302 g/mol. The molecule has 108 valence electrons. The number of fused-ring (bicyclic) bond motifs is 1. The van der Waals surface area contributed by atoms with Crippen LogP contribution >= 0.6 is 11.3 Å². The maximum atomic E-state index is 11.5. The molecule has 0 spiro atoms. The van der Waals surface area contributed by atoms with Crippen LogP contribution in [0, 0.1) is 0 Å². The van der Waals surface area contributed by atoms with Crippen LogP contribution in [0.2, 0.25) is 0 Å². The summed E-state index contributed by atoms with van der Waals surface area (Å²) in [5.74, 6) is -0.638. The zero-order chi connectivity index (χ0) is 14.8. The summed E-state index contributed by atoms with van der Waals surface area (Å²) < 4.78 is 1.57. The smallest absolute Gasteiger partial charge is 0.356 e. The Balaban J connectivity index is 2.03. The molecule has 0 fully saturated rings. The first-order chi connectivity index (χ1) is 10.2. The Kier molecular flexibility index (Phi) is 3.57. The van der Waals surface area contributed by atoms with E-state index in [1.807, 2.05) is 18.4 Å². The lowest BCUT2D eigenvalue weighted by atomic mass is 10.2. The third-order valence-electron chi connectivity index (χ3n) is 3.20. The molecule has 3 rings (SSSR count). The highest BCUT2D eigenvalue weighted by molar-refractivity contribution is 7.09. The van der Waals surface area contributed by atoms with Gasteiger partial charge in [0.25, 0.3) is 0 Å². The lowest BCUT2D eigenvalue weighted by Crippen LogP contribution is -2.13. The van der Waals surface area contributed by atoms with Gasteiger partial charge >= 0.3 is 5.97 Å². The average Bonchev–Trinajstić information content (AvgIpc) is 3.11. The molecule has 3 aromatic heterocycles. The molecule has 0 aliphatic rings. The van der Waals surface area contributed by atoms with Crippen molar-refractivity contribution < 1.29 is 9.90 Å². The van der Waals surface area contributed by atoms with Gasteiger partial charge in [-0.2, -0.15) is 0 Å². The molecule has 0 radical (unpaired) electrons. The van der Waals surface area contributed by atoms with Crippen molar-refractivity contribution in [2.75, 3.05) is 5.32 Å². The molecule has 7 heteroatoms. The van der Waals surface area contributed by atoms with Crippen LogP contribution in [-0.2, 0) is 0 Å². The number of carbonyl (C=O) groups is 1. The van der Waals surface area contributed by atoms with Gasteiger partial charge in [-0.25, -0.2) is 14.8 Å². The van der Waals surface area contributed by atoms with Crippen molar-refractivity contribution in [1.29, 1.82) is 0 Å². The SMILES string of the molecule is CCC(Nc1nc2ccccn2c1C(=O)O)c1nccs1. The number of carboxylic acid groups (broad SMARTS) is 1. The van der Waals surface area contributed by atoms with Crippen LogP contribution in [0.25, 0.3) is 5.65 Å². The standard InChI is InChI=1S/C14H14N4O2S/c1-2-9(13-15-6-8-21-13)16-12-11(14(19)20)18-7-4-3-5-10(18)17-12/h3-9,16H,2H2,1H3,(H,19,20). The van der Waals surface area contributed by atoms with E-state index in [0.717, 1.165) is 11.4 Å². The molecule has 0 saturated heterocycles.